The molecule has 1 aliphatic heterocycles. The number of aryl methyl sites for hydroxylation is 1. The lowest BCUT2D eigenvalue weighted by molar-refractivity contribution is 0.0644. The van der Waals surface area contributed by atoms with Gasteiger partial charge < -0.3 is 14.2 Å². The molecule has 0 atom stereocenters. The number of nitrogens with zero attached hydrogens (tertiary/aromatic N) is 4. The van der Waals surface area contributed by atoms with Gasteiger partial charge in [-0.3, -0.25) is 9.69 Å². The predicted octanol–water partition coefficient (Wildman–Crippen LogP) is 0.802. The van der Waals surface area contributed by atoms with Crippen molar-refractivity contribution in [2.45, 2.75) is 6.61 Å². The molecular weight excluding hydrogens is 380 g/mol. The van der Waals surface area contributed by atoms with Gasteiger partial charge in [-0.05, 0) is 24.3 Å². The number of sulfone groups is 1. The summed E-state index contributed by atoms with van der Waals surface area (Å²) in [5.74, 6) is 1.65. The maximum absolute atomic E-state index is 12.7. The number of imidazole rings is 1. The van der Waals surface area contributed by atoms with Crippen LogP contribution in [0, 0.1) is 0 Å². The molecule has 1 saturated heterocycles. The van der Waals surface area contributed by atoms with Gasteiger partial charge in [-0.15, -0.1) is 0 Å². The molecule has 0 bridgehead atoms. The first-order valence-corrected chi connectivity index (χ1v) is 11.3. The van der Waals surface area contributed by atoms with Crippen molar-refractivity contribution in [1.82, 2.24) is 19.4 Å². The van der Waals surface area contributed by atoms with E-state index in [2.05, 4.69) is 9.88 Å². The highest BCUT2D eigenvalue weighted by Gasteiger charge is 2.22. The third-order valence-electron chi connectivity index (χ3n) is 4.83. The summed E-state index contributed by atoms with van der Waals surface area (Å²) in [7, 11) is -1.05. The second kappa shape index (κ2) is 8.74. The highest BCUT2D eigenvalue weighted by Crippen LogP contribution is 2.16. The molecule has 0 aliphatic carbocycles. The molecule has 9 heteroatoms. The van der Waals surface area contributed by atoms with Crippen LogP contribution in [-0.2, 0) is 23.5 Å². The van der Waals surface area contributed by atoms with Crippen molar-refractivity contribution in [3.8, 4) is 5.75 Å². The van der Waals surface area contributed by atoms with E-state index in [0.717, 1.165) is 5.82 Å². The summed E-state index contributed by atoms with van der Waals surface area (Å²) in [6.45, 7) is 3.45. The molecular formula is C19H26N4O4S. The number of carbonyl (C=O) groups excluding carboxylic acids is 1. The zero-order chi connectivity index (χ0) is 20.1. The van der Waals surface area contributed by atoms with Gasteiger partial charge in [0, 0.05) is 64.0 Å². The second-order valence-electron chi connectivity index (χ2n) is 7.03. The summed E-state index contributed by atoms with van der Waals surface area (Å²) in [6, 6.07) is 7.12. The van der Waals surface area contributed by atoms with Crippen molar-refractivity contribution < 1.29 is 17.9 Å². The third-order valence-corrected chi connectivity index (χ3v) is 5.75. The van der Waals surface area contributed by atoms with E-state index in [-0.39, 0.29) is 11.7 Å². The second-order valence-corrected chi connectivity index (χ2v) is 9.29. The van der Waals surface area contributed by atoms with Crippen LogP contribution in [0.5, 0.6) is 5.75 Å². The topological polar surface area (TPSA) is 84.7 Å². The summed E-state index contributed by atoms with van der Waals surface area (Å²) in [5.41, 5.74) is 0.619. The lowest BCUT2D eigenvalue weighted by Crippen LogP contribution is -2.49. The Balaban J connectivity index is 1.49. The number of rotatable bonds is 7. The number of piperazine rings is 1. The van der Waals surface area contributed by atoms with Crippen LogP contribution in [-0.4, -0.2) is 78.4 Å². The number of ether oxygens (including phenoxy) is 1. The molecule has 0 saturated carbocycles. The van der Waals surface area contributed by atoms with E-state index in [1.807, 2.05) is 17.8 Å². The Morgan fingerprint density at radius 3 is 2.39 bits per heavy atom. The van der Waals surface area contributed by atoms with Crippen molar-refractivity contribution >= 4 is 15.7 Å². The standard InChI is InChI=1S/C19H26N4O4S/c1-21-8-7-20-18(21)15-27-17-5-3-16(4-6-17)19(24)23-11-9-22(10-12-23)13-14-28(2,25)26/h3-8H,9-15H2,1-2H3. The van der Waals surface area contributed by atoms with Crippen LogP contribution in [0.2, 0.25) is 0 Å². The maximum Gasteiger partial charge on any atom is 0.253 e. The normalized spacial score (nSPS) is 15.6. The number of hydrogen-bond acceptors (Lipinski definition) is 6. The average molecular weight is 407 g/mol. The summed E-state index contributed by atoms with van der Waals surface area (Å²) in [4.78, 5) is 20.8. The van der Waals surface area contributed by atoms with E-state index in [9.17, 15) is 13.2 Å². The summed E-state index contributed by atoms with van der Waals surface area (Å²) < 4.78 is 30.2. The van der Waals surface area contributed by atoms with E-state index in [0.29, 0.717) is 50.6 Å². The van der Waals surface area contributed by atoms with Crippen molar-refractivity contribution in [2.24, 2.45) is 7.05 Å². The van der Waals surface area contributed by atoms with Crippen LogP contribution >= 0.6 is 0 Å². The quantitative estimate of drug-likeness (QED) is 0.676. The average Bonchev–Trinajstić information content (AvgIpc) is 3.09. The fourth-order valence-electron chi connectivity index (χ4n) is 3.03. The molecule has 8 nitrogen and oxygen atoms in total. The molecule has 28 heavy (non-hydrogen) atoms. The molecule has 2 aromatic rings. The monoisotopic (exact) mass is 406 g/mol. The van der Waals surface area contributed by atoms with Crippen LogP contribution in [0.3, 0.4) is 0 Å². The van der Waals surface area contributed by atoms with Crippen molar-refractivity contribution in [1.29, 1.82) is 0 Å². The van der Waals surface area contributed by atoms with Crippen LogP contribution in [0.25, 0.3) is 0 Å². The Morgan fingerprint density at radius 1 is 1.14 bits per heavy atom. The highest BCUT2D eigenvalue weighted by molar-refractivity contribution is 7.90. The van der Waals surface area contributed by atoms with Gasteiger partial charge in [0.25, 0.3) is 5.91 Å². The van der Waals surface area contributed by atoms with Gasteiger partial charge in [0.2, 0.25) is 0 Å². The fourth-order valence-corrected chi connectivity index (χ4v) is 3.62. The van der Waals surface area contributed by atoms with E-state index >= 15 is 0 Å². The highest BCUT2D eigenvalue weighted by atomic mass is 32.2. The van der Waals surface area contributed by atoms with Gasteiger partial charge in [-0.1, -0.05) is 0 Å². The molecule has 2 heterocycles. The van der Waals surface area contributed by atoms with Crippen LogP contribution in [0.4, 0.5) is 0 Å². The van der Waals surface area contributed by atoms with Crippen LogP contribution < -0.4 is 4.74 Å². The number of hydrogen-bond donors (Lipinski definition) is 0. The smallest absolute Gasteiger partial charge is 0.253 e. The van der Waals surface area contributed by atoms with Gasteiger partial charge in [-0.25, -0.2) is 13.4 Å². The van der Waals surface area contributed by atoms with E-state index in [1.54, 1.807) is 35.4 Å². The van der Waals surface area contributed by atoms with Gasteiger partial charge >= 0.3 is 0 Å². The SMILES string of the molecule is Cn1ccnc1COc1ccc(C(=O)N2CCN(CCS(C)(=O)=O)CC2)cc1. The Kier molecular flexibility index (Phi) is 6.35. The number of aromatic nitrogens is 2. The van der Waals surface area contributed by atoms with Crippen molar-refractivity contribution in [3.63, 3.8) is 0 Å². The minimum Gasteiger partial charge on any atom is -0.486 e. The molecule has 1 aromatic carbocycles. The van der Waals surface area contributed by atoms with E-state index < -0.39 is 9.84 Å². The molecule has 152 valence electrons. The molecule has 1 aromatic heterocycles. The Bertz CT molecular complexity index is 900. The van der Waals surface area contributed by atoms with Crippen LogP contribution in [0.1, 0.15) is 16.2 Å². The Hall–Kier alpha value is -2.39. The summed E-state index contributed by atoms with van der Waals surface area (Å²) in [5, 5.41) is 0. The first-order valence-electron chi connectivity index (χ1n) is 9.20. The van der Waals surface area contributed by atoms with E-state index in [4.69, 9.17) is 4.74 Å². The lowest BCUT2D eigenvalue weighted by Gasteiger charge is -2.34. The first-order chi connectivity index (χ1) is 13.3. The summed E-state index contributed by atoms with van der Waals surface area (Å²) in [6.07, 6.45) is 4.83. The van der Waals surface area contributed by atoms with Crippen molar-refractivity contribution in [3.05, 3.63) is 48.0 Å². The third kappa shape index (κ3) is 5.56. The zero-order valence-electron chi connectivity index (χ0n) is 16.2. The maximum atomic E-state index is 12.7. The molecule has 0 N–H and O–H groups in total. The minimum absolute atomic E-state index is 0.0154. The zero-order valence-corrected chi connectivity index (χ0v) is 17.1. The lowest BCUT2D eigenvalue weighted by atomic mass is 10.1. The number of benzene rings is 1. The number of carbonyl (C=O) groups is 1. The van der Waals surface area contributed by atoms with Crippen LogP contribution in [0.15, 0.2) is 36.7 Å². The minimum atomic E-state index is -2.96. The first kappa shape index (κ1) is 20.3. The summed E-state index contributed by atoms with van der Waals surface area (Å²) >= 11 is 0. The molecule has 1 fully saturated rings. The molecule has 3 rings (SSSR count). The van der Waals surface area contributed by atoms with Gasteiger partial charge in [0.15, 0.2) is 0 Å². The molecule has 1 aliphatic rings. The van der Waals surface area contributed by atoms with Gasteiger partial charge in [0.1, 0.15) is 28.0 Å². The Labute approximate surface area is 165 Å². The van der Waals surface area contributed by atoms with Crippen molar-refractivity contribution in [2.75, 3.05) is 44.7 Å². The largest absolute Gasteiger partial charge is 0.486 e. The molecule has 0 unspecified atom stereocenters. The predicted molar refractivity (Wildman–Crippen MR) is 106 cm³/mol. The molecule has 1 amide bonds. The van der Waals surface area contributed by atoms with Gasteiger partial charge in [0.05, 0.1) is 5.75 Å². The Morgan fingerprint density at radius 2 is 1.82 bits per heavy atom. The van der Waals surface area contributed by atoms with E-state index in [1.165, 1.54) is 6.26 Å². The number of amides is 1. The van der Waals surface area contributed by atoms with Gasteiger partial charge in [-0.2, -0.15) is 0 Å². The fraction of sp³-hybridized carbons (Fsp3) is 0.474. The molecule has 0 spiro atoms. The molecule has 0 radical (unpaired) electrons.